The number of hydrogen-bond donors (Lipinski definition) is 1. The number of nitrogens with two attached hydrogens (primary N) is 1. The molecule has 1 aliphatic heterocycles. The molecule has 2 heteroatoms. The van der Waals surface area contributed by atoms with Crippen molar-refractivity contribution in [2.45, 2.75) is 26.2 Å². The summed E-state index contributed by atoms with van der Waals surface area (Å²) in [6, 6.07) is 0. The Balaban J connectivity index is 2.13. The minimum atomic E-state index is 0.673. The zero-order valence-corrected chi connectivity index (χ0v) is 8.71. The molecule has 2 nitrogen and oxygen atoms in total. The molecule has 2 N–H and O–H groups in total. The van der Waals surface area contributed by atoms with Crippen molar-refractivity contribution in [2.24, 2.45) is 11.7 Å². The SMILES string of the molecule is CCCC1CCN(C/C=C/CN)C1. The highest BCUT2D eigenvalue weighted by Gasteiger charge is 2.19. The predicted molar refractivity (Wildman–Crippen MR) is 57.6 cm³/mol. The minimum Gasteiger partial charge on any atom is -0.327 e. The van der Waals surface area contributed by atoms with Crippen LogP contribution in [-0.2, 0) is 0 Å². The first-order chi connectivity index (χ1) is 6.36. The highest BCUT2D eigenvalue weighted by atomic mass is 15.1. The summed E-state index contributed by atoms with van der Waals surface area (Å²) in [5, 5.41) is 0. The normalized spacial score (nSPS) is 24.6. The molecule has 1 rings (SSSR count). The second-order valence-corrected chi connectivity index (χ2v) is 3.91. The van der Waals surface area contributed by atoms with E-state index in [0.29, 0.717) is 6.54 Å². The van der Waals surface area contributed by atoms with E-state index in [2.05, 4.69) is 17.9 Å². The highest BCUT2D eigenvalue weighted by Crippen LogP contribution is 2.20. The van der Waals surface area contributed by atoms with Crippen LogP contribution in [0.2, 0.25) is 0 Å². The van der Waals surface area contributed by atoms with Crippen molar-refractivity contribution in [1.82, 2.24) is 4.90 Å². The monoisotopic (exact) mass is 182 g/mol. The van der Waals surface area contributed by atoms with Crippen molar-refractivity contribution in [3.8, 4) is 0 Å². The van der Waals surface area contributed by atoms with E-state index in [9.17, 15) is 0 Å². The first kappa shape index (κ1) is 10.7. The molecule has 1 aliphatic rings. The molecule has 0 saturated carbocycles. The van der Waals surface area contributed by atoms with Gasteiger partial charge in [-0.25, -0.2) is 0 Å². The lowest BCUT2D eigenvalue weighted by atomic mass is 10.0. The van der Waals surface area contributed by atoms with Crippen molar-refractivity contribution in [2.75, 3.05) is 26.2 Å². The average Bonchev–Trinajstić information content (AvgIpc) is 2.54. The smallest absolute Gasteiger partial charge is 0.0163 e. The summed E-state index contributed by atoms with van der Waals surface area (Å²) in [6.07, 6.45) is 8.36. The molecule has 0 radical (unpaired) electrons. The molecule has 1 fully saturated rings. The van der Waals surface area contributed by atoms with Crippen LogP contribution in [0.1, 0.15) is 26.2 Å². The first-order valence-corrected chi connectivity index (χ1v) is 5.44. The molecule has 1 unspecified atom stereocenters. The summed E-state index contributed by atoms with van der Waals surface area (Å²) >= 11 is 0. The molecule has 1 heterocycles. The van der Waals surface area contributed by atoms with Gasteiger partial charge in [0.15, 0.2) is 0 Å². The van der Waals surface area contributed by atoms with Gasteiger partial charge in [0.2, 0.25) is 0 Å². The molecule has 0 aromatic carbocycles. The van der Waals surface area contributed by atoms with Crippen molar-refractivity contribution >= 4 is 0 Å². The van der Waals surface area contributed by atoms with E-state index in [0.717, 1.165) is 12.5 Å². The summed E-state index contributed by atoms with van der Waals surface area (Å²) in [5.74, 6) is 0.955. The van der Waals surface area contributed by atoms with Gasteiger partial charge < -0.3 is 5.73 Å². The van der Waals surface area contributed by atoms with E-state index in [1.807, 2.05) is 6.08 Å². The summed E-state index contributed by atoms with van der Waals surface area (Å²) in [4.78, 5) is 2.52. The zero-order valence-electron chi connectivity index (χ0n) is 8.71. The summed E-state index contributed by atoms with van der Waals surface area (Å²) < 4.78 is 0. The van der Waals surface area contributed by atoms with Gasteiger partial charge in [-0.3, -0.25) is 4.90 Å². The van der Waals surface area contributed by atoms with Gasteiger partial charge in [-0.05, 0) is 25.3 Å². The second-order valence-electron chi connectivity index (χ2n) is 3.91. The lowest BCUT2D eigenvalue weighted by Gasteiger charge is -2.12. The molecular weight excluding hydrogens is 160 g/mol. The summed E-state index contributed by atoms with van der Waals surface area (Å²) in [5.41, 5.74) is 5.38. The van der Waals surface area contributed by atoms with Gasteiger partial charge in [0.25, 0.3) is 0 Å². The van der Waals surface area contributed by atoms with Crippen LogP contribution in [0.4, 0.5) is 0 Å². The van der Waals surface area contributed by atoms with Crippen LogP contribution in [0.15, 0.2) is 12.2 Å². The molecule has 0 aliphatic carbocycles. The van der Waals surface area contributed by atoms with Gasteiger partial charge in [0.1, 0.15) is 0 Å². The van der Waals surface area contributed by atoms with Gasteiger partial charge in [0.05, 0.1) is 0 Å². The van der Waals surface area contributed by atoms with Gasteiger partial charge in [-0.2, -0.15) is 0 Å². The van der Waals surface area contributed by atoms with Gasteiger partial charge in [-0.1, -0.05) is 25.5 Å². The Hall–Kier alpha value is -0.340. The van der Waals surface area contributed by atoms with Crippen molar-refractivity contribution < 1.29 is 0 Å². The van der Waals surface area contributed by atoms with Gasteiger partial charge >= 0.3 is 0 Å². The molecule has 0 amide bonds. The lowest BCUT2D eigenvalue weighted by molar-refractivity contribution is 0.353. The number of rotatable bonds is 5. The first-order valence-electron chi connectivity index (χ1n) is 5.44. The van der Waals surface area contributed by atoms with Crippen molar-refractivity contribution in [1.29, 1.82) is 0 Å². The maximum absolute atomic E-state index is 5.38. The molecular formula is C11H22N2. The Morgan fingerprint density at radius 2 is 2.31 bits per heavy atom. The Labute approximate surface area is 81.8 Å². The Morgan fingerprint density at radius 3 is 3.00 bits per heavy atom. The van der Waals surface area contributed by atoms with Crippen LogP contribution >= 0.6 is 0 Å². The maximum Gasteiger partial charge on any atom is 0.0163 e. The molecule has 0 aromatic rings. The Morgan fingerprint density at radius 1 is 1.46 bits per heavy atom. The van der Waals surface area contributed by atoms with E-state index < -0.39 is 0 Å². The second kappa shape index (κ2) is 6.17. The molecule has 0 spiro atoms. The number of likely N-dealkylation sites (tertiary alicyclic amines) is 1. The highest BCUT2D eigenvalue weighted by molar-refractivity contribution is 4.88. The maximum atomic E-state index is 5.38. The van der Waals surface area contributed by atoms with E-state index in [1.165, 1.54) is 32.4 Å². The third kappa shape index (κ3) is 3.92. The largest absolute Gasteiger partial charge is 0.327 e. The fourth-order valence-electron chi connectivity index (χ4n) is 2.04. The molecule has 76 valence electrons. The minimum absolute atomic E-state index is 0.673. The van der Waals surface area contributed by atoms with Crippen LogP contribution in [0.3, 0.4) is 0 Å². The molecule has 0 bridgehead atoms. The third-order valence-corrected chi connectivity index (χ3v) is 2.73. The van der Waals surface area contributed by atoms with E-state index >= 15 is 0 Å². The molecule has 1 saturated heterocycles. The van der Waals surface area contributed by atoms with Crippen LogP contribution in [0.25, 0.3) is 0 Å². The number of hydrogen-bond acceptors (Lipinski definition) is 2. The third-order valence-electron chi connectivity index (χ3n) is 2.73. The van der Waals surface area contributed by atoms with Crippen LogP contribution in [-0.4, -0.2) is 31.1 Å². The van der Waals surface area contributed by atoms with Crippen LogP contribution < -0.4 is 5.73 Å². The predicted octanol–water partition coefficient (Wildman–Crippen LogP) is 1.62. The van der Waals surface area contributed by atoms with E-state index in [-0.39, 0.29) is 0 Å². The number of nitrogens with zero attached hydrogens (tertiary/aromatic N) is 1. The fraction of sp³-hybridized carbons (Fsp3) is 0.818. The lowest BCUT2D eigenvalue weighted by Crippen LogP contribution is -2.20. The standard InChI is InChI=1S/C11H22N2/c1-2-5-11-6-9-13(10-11)8-4-3-7-12/h3-4,11H,2,5-10,12H2,1H3/b4-3+. The Kier molecular flexibility index (Phi) is 5.09. The average molecular weight is 182 g/mol. The summed E-state index contributed by atoms with van der Waals surface area (Å²) in [6.45, 7) is 6.61. The topological polar surface area (TPSA) is 29.3 Å². The summed E-state index contributed by atoms with van der Waals surface area (Å²) in [7, 11) is 0. The van der Waals surface area contributed by atoms with Gasteiger partial charge in [-0.15, -0.1) is 0 Å². The molecule has 1 atom stereocenters. The molecule has 13 heavy (non-hydrogen) atoms. The van der Waals surface area contributed by atoms with E-state index in [4.69, 9.17) is 5.73 Å². The van der Waals surface area contributed by atoms with Gasteiger partial charge in [0, 0.05) is 19.6 Å². The van der Waals surface area contributed by atoms with Crippen LogP contribution in [0, 0.1) is 5.92 Å². The quantitative estimate of drug-likeness (QED) is 0.655. The zero-order chi connectivity index (χ0) is 9.52. The fourth-order valence-corrected chi connectivity index (χ4v) is 2.04. The van der Waals surface area contributed by atoms with Crippen molar-refractivity contribution in [3.05, 3.63) is 12.2 Å². The van der Waals surface area contributed by atoms with Crippen LogP contribution in [0.5, 0.6) is 0 Å². The van der Waals surface area contributed by atoms with Crippen molar-refractivity contribution in [3.63, 3.8) is 0 Å². The molecule has 0 aromatic heterocycles. The van der Waals surface area contributed by atoms with E-state index in [1.54, 1.807) is 0 Å². The Bertz CT molecular complexity index is 154.